The van der Waals surface area contributed by atoms with Crippen LogP contribution in [0.4, 0.5) is 5.69 Å². The van der Waals surface area contributed by atoms with Gasteiger partial charge in [-0.25, -0.2) is 8.42 Å². The molecule has 0 bridgehead atoms. The van der Waals surface area contributed by atoms with Crippen LogP contribution in [0.5, 0.6) is 0 Å². The molecule has 0 saturated carbocycles. The number of hydrogen-bond acceptors (Lipinski definition) is 5. The van der Waals surface area contributed by atoms with Crippen LogP contribution in [0.3, 0.4) is 0 Å². The van der Waals surface area contributed by atoms with Crippen molar-refractivity contribution in [1.82, 2.24) is 4.31 Å². The first-order valence-electron chi connectivity index (χ1n) is 5.77. The molecule has 2 N–H and O–H groups in total. The molecule has 0 aliphatic carbocycles. The Morgan fingerprint density at radius 3 is 2.83 bits per heavy atom. The minimum atomic E-state index is -3.43. The largest absolute Gasteiger partial charge is 0.398 e. The second-order valence-electron chi connectivity index (χ2n) is 4.80. The van der Waals surface area contributed by atoms with E-state index >= 15 is 0 Å². The van der Waals surface area contributed by atoms with Crippen molar-refractivity contribution < 1.29 is 13.2 Å². The zero-order chi connectivity index (χ0) is 13.4. The van der Waals surface area contributed by atoms with E-state index in [9.17, 15) is 8.42 Å². The predicted octanol–water partition coefficient (Wildman–Crippen LogP) is 1.52. The summed E-state index contributed by atoms with van der Waals surface area (Å²) in [5.41, 5.74) is 5.68. The topological polar surface area (TPSA) is 72.6 Å². The molecule has 0 radical (unpaired) electrons. The number of sulfonamides is 1. The number of rotatable bonds is 3. The Morgan fingerprint density at radius 2 is 2.28 bits per heavy atom. The quantitative estimate of drug-likeness (QED) is 0.916. The molecule has 0 aromatic carbocycles. The Kier molecular flexibility index (Phi) is 3.68. The van der Waals surface area contributed by atoms with Crippen molar-refractivity contribution in [3.63, 3.8) is 0 Å². The summed E-state index contributed by atoms with van der Waals surface area (Å²) in [5, 5.41) is 1.65. The molecule has 2 rings (SSSR count). The fourth-order valence-corrected chi connectivity index (χ4v) is 4.95. The Morgan fingerprint density at radius 1 is 1.56 bits per heavy atom. The van der Waals surface area contributed by atoms with E-state index in [2.05, 4.69) is 0 Å². The molecule has 1 saturated heterocycles. The van der Waals surface area contributed by atoms with Crippen molar-refractivity contribution in [3.05, 3.63) is 11.4 Å². The van der Waals surface area contributed by atoms with Gasteiger partial charge in [-0.15, -0.1) is 11.3 Å². The van der Waals surface area contributed by atoms with Crippen molar-refractivity contribution in [3.8, 4) is 0 Å². The van der Waals surface area contributed by atoms with Gasteiger partial charge in [0.15, 0.2) is 0 Å². The number of nitrogens with two attached hydrogens (primary N) is 1. The van der Waals surface area contributed by atoms with E-state index in [0.29, 0.717) is 23.0 Å². The molecule has 1 aromatic rings. The van der Waals surface area contributed by atoms with Crippen LogP contribution in [0, 0.1) is 0 Å². The monoisotopic (exact) mass is 290 g/mol. The van der Waals surface area contributed by atoms with Crippen LogP contribution in [0.25, 0.3) is 0 Å². The molecule has 1 unspecified atom stereocenters. The molecule has 1 atom stereocenters. The third kappa shape index (κ3) is 2.54. The van der Waals surface area contributed by atoms with E-state index in [-0.39, 0.29) is 0 Å². The van der Waals surface area contributed by atoms with Crippen molar-refractivity contribution in [2.45, 2.75) is 29.6 Å². The molecular weight excluding hydrogens is 272 g/mol. The zero-order valence-electron chi connectivity index (χ0n) is 10.5. The molecule has 7 heteroatoms. The van der Waals surface area contributed by atoms with Crippen molar-refractivity contribution in [1.29, 1.82) is 0 Å². The summed E-state index contributed by atoms with van der Waals surface area (Å²) in [6.07, 6.45) is 1.69. The van der Waals surface area contributed by atoms with Crippen LogP contribution in [0.1, 0.15) is 19.8 Å². The SMILES string of the molecule is COC1(C)CCCN(S(=O)(=O)c2cc(N)cs2)C1. The Bertz CT molecular complexity index is 526. The Hall–Kier alpha value is -0.630. The average molecular weight is 290 g/mol. The molecule has 1 fully saturated rings. The van der Waals surface area contributed by atoms with Crippen LogP contribution in [-0.2, 0) is 14.8 Å². The molecule has 5 nitrogen and oxygen atoms in total. The van der Waals surface area contributed by atoms with Crippen molar-refractivity contribution in [2.75, 3.05) is 25.9 Å². The van der Waals surface area contributed by atoms with E-state index in [0.717, 1.165) is 24.2 Å². The fraction of sp³-hybridized carbons (Fsp3) is 0.636. The second kappa shape index (κ2) is 4.80. The number of piperidine rings is 1. The molecular formula is C11H18N2O3S2. The lowest BCUT2D eigenvalue weighted by molar-refractivity contribution is -0.0319. The van der Waals surface area contributed by atoms with Gasteiger partial charge in [-0.1, -0.05) is 0 Å². The number of nitrogen functional groups attached to an aromatic ring is 1. The van der Waals surface area contributed by atoms with Gasteiger partial charge in [-0.2, -0.15) is 4.31 Å². The predicted molar refractivity (Wildman–Crippen MR) is 72.1 cm³/mol. The van der Waals surface area contributed by atoms with E-state index in [4.69, 9.17) is 10.5 Å². The Labute approximate surface area is 112 Å². The van der Waals surface area contributed by atoms with Crippen molar-refractivity contribution >= 4 is 27.0 Å². The van der Waals surface area contributed by atoms with E-state index < -0.39 is 15.6 Å². The van der Waals surface area contributed by atoms with Gasteiger partial charge in [0.25, 0.3) is 10.0 Å². The highest BCUT2D eigenvalue weighted by Crippen LogP contribution is 2.31. The first kappa shape index (κ1) is 13.8. The first-order chi connectivity index (χ1) is 8.37. The summed E-state index contributed by atoms with van der Waals surface area (Å²) < 4.78 is 32.1. The highest BCUT2D eigenvalue weighted by Gasteiger charge is 2.37. The normalized spacial score (nSPS) is 26.3. The molecule has 1 aliphatic heterocycles. The smallest absolute Gasteiger partial charge is 0.252 e. The summed E-state index contributed by atoms with van der Waals surface area (Å²) in [4.78, 5) is 0. The van der Waals surface area contributed by atoms with Gasteiger partial charge < -0.3 is 10.5 Å². The standard InChI is InChI=1S/C11H18N2O3S2/c1-11(16-2)4-3-5-13(8-11)18(14,15)10-6-9(12)7-17-10/h6-7H,3-5,8,12H2,1-2H3. The fourth-order valence-electron chi connectivity index (χ4n) is 2.13. The Balaban J connectivity index is 2.25. The van der Waals surface area contributed by atoms with Gasteiger partial charge in [-0.05, 0) is 25.8 Å². The van der Waals surface area contributed by atoms with Crippen LogP contribution in [0.2, 0.25) is 0 Å². The lowest BCUT2D eigenvalue weighted by Crippen LogP contribution is -2.49. The van der Waals surface area contributed by atoms with Crippen LogP contribution >= 0.6 is 11.3 Å². The maximum Gasteiger partial charge on any atom is 0.252 e. The highest BCUT2D eigenvalue weighted by atomic mass is 32.2. The number of methoxy groups -OCH3 is 1. The van der Waals surface area contributed by atoms with Gasteiger partial charge in [0, 0.05) is 31.3 Å². The molecule has 0 spiro atoms. The summed E-state index contributed by atoms with van der Waals surface area (Å²) in [6.45, 7) is 2.88. The van der Waals surface area contributed by atoms with Gasteiger partial charge in [-0.3, -0.25) is 0 Å². The molecule has 1 aromatic heterocycles. The molecule has 2 heterocycles. The molecule has 0 amide bonds. The minimum absolute atomic E-state index is 0.306. The summed E-state index contributed by atoms with van der Waals surface area (Å²) in [5.74, 6) is 0. The molecule has 18 heavy (non-hydrogen) atoms. The first-order valence-corrected chi connectivity index (χ1v) is 8.09. The van der Waals surface area contributed by atoms with Crippen LogP contribution < -0.4 is 5.73 Å². The third-order valence-electron chi connectivity index (χ3n) is 3.31. The highest BCUT2D eigenvalue weighted by molar-refractivity contribution is 7.91. The molecule has 102 valence electrons. The zero-order valence-corrected chi connectivity index (χ0v) is 12.2. The second-order valence-corrected chi connectivity index (χ2v) is 7.87. The number of nitrogens with zero attached hydrogens (tertiary/aromatic N) is 1. The van der Waals surface area contributed by atoms with Crippen LogP contribution in [0.15, 0.2) is 15.7 Å². The third-order valence-corrected chi connectivity index (χ3v) is 6.59. The van der Waals surface area contributed by atoms with Gasteiger partial charge in [0.2, 0.25) is 0 Å². The number of ether oxygens (including phenoxy) is 1. The number of thiophene rings is 1. The summed E-state index contributed by atoms with van der Waals surface area (Å²) in [7, 11) is -1.81. The lowest BCUT2D eigenvalue weighted by Gasteiger charge is -2.38. The van der Waals surface area contributed by atoms with E-state index in [1.54, 1.807) is 12.5 Å². The van der Waals surface area contributed by atoms with Gasteiger partial charge >= 0.3 is 0 Å². The summed E-state index contributed by atoms with van der Waals surface area (Å²) in [6, 6.07) is 1.51. The number of anilines is 1. The maximum absolute atomic E-state index is 12.4. The van der Waals surface area contributed by atoms with E-state index in [1.807, 2.05) is 6.92 Å². The number of hydrogen-bond donors (Lipinski definition) is 1. The van der Waals surface area contributed by atoms with Crippen LogP contribution in [-0.4, -0.2) is 38.5 Å². The van der Waals surface area contributed by atoms with E-state index in [1.165, 1.54) is 10.4 Å². The molecule has 1 aliphatic rings. The average Bonchev–Trinajstić information content (AvgIpc) is 2.77. The van der Waals surface area contributed by atoms with Crippen molar-refractivity contribution in [2.24, 2.45) is 0 Å². The van der Waals surface area contributed by atoms with Gasteiger partial charge in [0.1, 0.15) is 4.21 Å². The minimum Gasteiger partial charge on any atom is -0.398 e. The lowest BCUT2D eigenvalue weighted by atomic mass is 9.96. The maximum atomic E-state index is 12.4. The van der Waals surface area contributed by atoms with Gasteiger partial charge in [0.05, 0.1) is 5.60 Å². The summed E-state index contributed by atoms with van der Waals surface area (Å²) >= 11 is 1.16.